The Morgan fingerprint density at radius 3 is 2.85 bits per heavy atom. The summed E-state index contributed by atoms with van der Waals surface area (Å²) >= 11 is 3.29. The van der Waals surface area contributed by atoms with Gasteiger partial charge in [0.25, 0.3) is 0 Å². The minimum Gasteiger partial charge on any atom is -0.454 e. The van der Waals surface area contributed by atoms with Crippen LogP contribution in [0.1, 0.15) is 36.1 Å². The van der Waals surface area contributed by atoms with Crippen molar-refractivity contribution in [2.24, 2.45) is 0 Å². The molecule has 7 heteroatoms. The van der Waals surface area contributed by atoms with Crippen molar-refractivity contribution >= 4 is 27.6 Å². The van der Waals surface area contributed by atoms with Gasteiger partial charge in [0.15, 0.2) is 12.4 Å². The maximum absolute atomic E-state index is 12.0. The number of carbonyl (C=O) groups is 1. The Labute approximate surface area is 125 Å². The van der Waals surface area contributed by atoms with E-state index in [-0.39, 0.29) is 12.6 Å². The Balaban J connectivity index is 2.07. The predicted molar refractivity (Wildman–Crippen MR) is 78.1 cm³/mol. The molecule has 0 spiro atoms. The van der Waals surface area contributed by atoms with Crippen molar-refractivity contribution < 1.29 is 9.53 Å². The van der Waals surface area contributed by atoms with Gasteiger partial charge in [-0.2, -0.15) is 5.10 Å². The third-order valence-corrected chi connectivity index (χ3v) is 3.08. The van der Waals surface area contributed by atoms with Crippen molar-refractivity contribution in [1.82, 2.24) is 14.8 Å². The number of carbonyl (C=O) groups excluding carboxylic acids is 1. The van der Waals surface area contributed by atoms with Gasteiger partial charge in [-0.25, -0.2) is 14.5 Å². The van der Waals surface area contributed by atoms with Crippen LogP contribution < -0.4 is 5.73 Å². The van der Waals surface area contributed by atoms with Gasteiger partial charge in [-0.1, -0.05) is 15.9 Å². The largest absolute Gasteiger partial charge is 0.454 e. The van der Waals surface area contributed by atoms with Crippen molar-refractivity contribution in [3.8, 4) is 0 Å². The Kier molecular flexibility index (Phi) is 4.39. The number of anilines is 1. The highest BCUT2D eigenvalue weighted by molar-refractivity contribution is 9.10. The maximum atomic E-state index is 12.0. The molecule has 0 saturated heterocycles. The molecule has 20 heavy (non-hydrogen) atoms. The lowest BCUT2D eigenvalue weighted by molar-refractivity contribution is 0.0455. The molecule has 6 nitrogen and oxygen atoms in total. The summed E-state index contributed by atoms with van der Waals surface area (Å²) in [6.07, 6.45) is 1.44. The third kappa shape index (κ3) is 3.36. The molecule has 106 valence electrons. The molecular formula is C13H15BrN4O2. The van der Waals surface area contributed by atoms with Crippen LogP contribution in [0.4, 0.5) is 5.69 Å². The van der Waals surface area contributed by atoms with E-state index in [9.17, 15) is 4.79 Å². The van der Waals surface area contributed by atoms with E-state index in [1.165, 1.54) is 6.33 Å². The Morgan fingerprint density at radius 2 is 2.20 bits per heavy atom. The summed E-state index contributed by atoms with van der Waals surface area (Å²) in [4.78, 5) is 16.0. The highest BCUT2D eigenvalue weighted by Crippen LogP contribution is 2.18. The van der Waals surface area contributed by atoms with Gasteiger partial charge in [0, 0.05) is 16.2 Å². The minimum atomic E-state index is -0.448. The average molecular weight is 339 g/mol. The van der Waals surface area contributed by atoms with Gasteiger partial charge in [0.2, 0.25) is 0 Å². The highest BCUT2D eigenvalue weighted by atomic mass is 79.9. The van der Waals surface area contributed by atoms with E-state index in [1.54, 1.807) is 22.9 Å². The van der Waals surface area contributed by atoms with Crippen molar-refractivity contribution in [2.75, 3.05) is 5.73 Å². The van der Waals surface area contributed by atoms with Crippen LogP contribution in [0.25, 0.3) is 0 Å². The van der Waals surface area contributed by atoms with Crippen LogP contribution in [0, 0.1) is 0 Å². The van der Waals surface area contributed by atoms with Crippen LogP contribution in [0.15, 0.2) is 29.0 Å². The zero-order chi connectivity index (χ0) is 14.7. The number of benzene rings is 1. The van der Waals surface area contributed by atoms with E-state index >= 15 is 0 Å². The van der Waals surface area contributed by atoms with Crippen LogP contribution in [-0.2, 0) is 11.3 Å². The summed E-state index contributed by atoms with van der Waals surface area (Å²) in [5, 5.41) is 4.08. The standard InChI is InChI=1S/C13H15BrN4O2/c1-8(2)18-12(16-7-17-18)6-20-13(19)9-3-10(14)5-11(15)4-9/h3-5,7-8H,6,15H2,1-2H3. The van der Waals surface area contributed by atoms with Gasteiger partial charge >= 0.3 is 5.97 Å². The lowest BCUT2D eigenvalue weighted by Crippen LogP contribution is -2.12. The molecule has 2 rings (SSSR count). The zero-order valence-electron chi connectivity index (χ0n) is 11.2. The van der Waals surface area contributed by atoms with E-state index in [0.29, 0.717) is 17.1 Å². The van der Waals surface area contributed by atoms with Gasteiger partial charge < -0.3 is 10.5 Å². The maximum Gasteiger partial charge on any atom is 0.338 e. The molecular weight excluding hydrogens is 324 g/mol. The average Bonchev–Trinajstić information content (AvgIpc) is 2.83. The SMILES string of the molecule is CC(C)n1ncnc1COC(=O)c1cc(N)cc(Br)c1. The molecule has 1 aromatic heterocycles. The molecule has 2 N–H and O–H groups in total. The zero-order valence-corrected chi connectivity index (χ0v) is 12.8. The summed E-state index contributed by atoms with van der Waals surface area (Å²) in [6, 6.07) is 5.10. The number of nitrogen functional groups attached to an aromatic ring is 1. The number of nitrogens with zero attached hydrogens (tertiary/aromatic N) is 3. The van der Waals surface area contributed by atoms with Gasteiger partial charge in [0.1, 0.15) is 6.33 Å². The Bertz CT molecular complexity index is 604. The molecule has 0 unspecified atom stereocenters. The fourth-order valence-corrected chi connectivity index (χ4v) is 2.26. The van der Waals surface area contributed by atoms with Gasteiger partial charge in [-0.15, -0.1) is 0 Å². The number of hydrogen-bond donors (Lipinski definition) is 1. The molecule has 0 bridgehead atoms. The molecule has 2 aromatic rings. The first-order valence-corrected chi connectivity index (χ1v) is 6.88. The first-order chi connectivity index (χ1) is 9.47. The molecule has 0 aliphatic rings. The molecule has 1 heterocycles. The Hall–Kier alpha value is -1.89. The molecule has 0 aliphatic carbocycles. The second kappa shape index (κ2) is 6.04. The number of esters is 1. The van der Waals surface area contributed by atoms with E-state index < -0.39 is 5.97 Å². The van der Waals surface area contributed by atoms with Crippen molar-refractivity contribution in [3.63, 3.8) is 0 Å². The smallest absolute Gasteiger partial charge is 0.338 e. The van der Waals surface area contributed by atoms with E-state index in [2.05, 4.69) is 26.0 Å². The Morgan fingerprint density at radius 1 is 1.45 bits per heavy atom. The monoisotopic (exact) mass is 338 g/mol. The summed E-state index contributed by atoms with van der Waals surface area (Å²) in [6.45, 7) is 4.04. The van der Waals surface area contributed by atoms with Crippen molar-refractivity contribution in [1.29, 1.82) is 0 Å². The van der Waals surface area contributed by atoms with E-state index in [1.807, 2.05) is 13.8 Å². The van der Waals surface area contributed by atoms with Crippen LogP contribution in [0.2, 0.25) is 0 Å². The normalized spacial score (nSPS) is 10.8. The van der Waals surface area contributed by atoms with Crippen LogP contribution in [0.5, 0.6) is 0 Å². The van der Waals surface area contributed by atoms with Crippen LogP contribution >= 0.6 is 15.9 Å². The van der Waals surface area contributed by atoms with Gasteiger partial charge in [0.05, 0.1) is 5.56 Å². The minimum absolute atomic E-state index is 0.0728. The summed E-state index contributed by atoms with van der Waals surface area (Å²) in [5.74, 6) is 0.160. The molecule has 1 aromatic carbocycles. The first-order valence-electron chi connectivity index (χ1n) is 6.09. The van der Waals surface area contributed by atoms with Crippen molar-refractivity contribution in [2.45, 2.75) is 26.5 Å². The summed E-state index contributed by atoms with van der Waals surface area (Å²) in [5.41, 5.74) is 6.58. The summed E-state index contributed by atoms with van der Waals surface area (Å²) in [7, 11) is 0. The van der Waals surface area contributed by atoms with Gasteiger partial charge in [-0.05, 0) is 32.0 Å². The fourth-order valence-electron chi connectivity index (χ4n) is 1.75. The molecule has 0 radical (unpaired) electrons. The molecule has 0 atom stereocenters. The van der Waals surface area contributed by atoms with Crippen LogP contribution in [0.3, 0.4) is 0 Å². The topological polar surface area (TPSA) is 83.0 Å². The number of hydrogen-bond acceptors (Lipinski definition) is 5. The second-order valence-corrected chi connectivity index (χ2v) is 5.48. The molecule has 0 saturated carbocycles. The van der Waals surface area contributed by atoms with Gasteiger partial charge in [-0.3, -0.25) is 0 Å². The molecule has 0 amide bonds. The fraction of sp³-hybridized carbons (Fsp3) is 0.308. The lowest BCUT2D eigenvalue weighted by atomic mass is 10.2. The third-order valence-electron chi connectivity index (χ3n) is 2.62. The predicted octanol–water partition coefficient (Wildman–Crippen LogP) is 2.56. The number of aromatic nitrogens is 3. The molecule has 0 fully saturated rings. The lowest BCUT2D eigenvalue weighted by Gasteiger charge is -2.10. The molecule has 0 aliphatic heterocycles. The number of halogens is 1. The highest BCUT2D eigenvalue weighted by Gasteiger charge is 2.13. The van der Waals surface area contributed by atoms with Crippen molar-refractivity contribution in [3.05, 3.63) is 40.4 Å². The number of ether oxygens (including phenoxy) is 1. The van der Waals surface area contributed by atoms with Crippen LogP contribution in [-0.4, -0.2) is 20.7 Å². The second-order valence-electron chi connectivity index (χ2n) is 4.56. The quantitative estimate of drug-likeness (QED) is 0.684. The number of nitrogens with two attached hydrogens (primary N) is 1. The number of rotatable bonds is 4. The first kappa shape index (κ1) is 14.5. The summed E-state index contributed by atoms with van der Waals surface area (Å²) < 4.78 is 7.68. The van der Waals surface area contributed by atoms with E-state index in [0.717, 1.165) is 4.47 Å². The van der Waals surface area contributed by atoms with E-state index in [4.69, 9.17) is 10.5 Å².